The summed E-state index contributed by atoms with van der Waals surface area (Å²) < 4.78 is 1.17. The number of fused-ring (bicyclic) bond motifs is 1. The molecule has 0 atom stereocenters. The first kappa shape index (κ1) is 13.2. The number of aryl methyl sites for hydroxylation is 1. The number of aromatic nitrogens is 1. The van der Waals surface area contributed by atoms with Crippen LogP contribution in [-0.2, 0) is 16.0 Å². The maximum atomic E-state index is 12.1. The Labute approximate surface area is 121 Å². The number of nitrogens with zero attached hydrogens (tertiary/aromatic N) is 2. The molecule has 20 heavy (non-hydrogen) atoms. The van der Waals surface area contributed by atoms with Crippen LogP contribution in [0.1, 0.15) is 24.3 Å². The molecule has 0 aliphatic carbocycles. The number of thiazole rings is 1. The molecule has 0 bridgehead atoms. The van der Waals surface area contributed by atoms with Gasteiger partial charge >= 0.3 is 0 Å². The first-order chi connectivity index (χ1) is 9.72. The minimum absolute atomic E-state index is 0.136. The maximum absolute atomic E-state index is 12.1. The zero-order chi connectivity index (χ0) is 13.9. The van der Waals surface area contributed by atoms with Crippen molar-refractivity contribution in [3.8, 4) is 0 Å². The van der Waals surface area contributed by atoms with Crippen molar-refractivity contribution in [3.05, 3.63) is 29.3 Å². The predicted octanol–water partition coefficient (Wildman–Crippen LogP) is 2.42. The first-order valence-corrected chi connectivity index (χ1v) is 7.68. The first-order valence-electron chi connectivity index (χ1n) is 6.86. The molecular formula is C15H16N2O2S. The zero-order valence-electron chi connectivity index (χ0n) is 11.2. The third-order valence-corrected chi connectivity index (χ3v) is 4.66. The molecule has 3 rings (SSSR count). The number of hydrogen-bond acceptors (Lipinski definition) is 4. The topological polar surface area (TPSA) is 50.3 Å². The maximum Gasteiger partial charge on any atom is 0.223 e. The standard InChI is InChI=1S/C15H16N2O2S/c18-11-7-9-17(10-8-11)15(19)6-5-14-16-12-3-1-2-4-13(12)20-14/h1-4H,5-10H2. The van der Waals surface area contributed by atoms with Gasteiger partial charge < -0.3 is 4.90 Å². The summed E-state index contributed by atoms with van der Waals surface area (Å²) >= 11 is 1.65. The van der Waals surface area contributed by atoms with Crippen LogP contribution in [0.5, 0.6) is 0 Å². The molecule has 4 nitrogen and oxygen atoms in total. The molecule has 0 saturated carbocycles. The number of amides is 1. The molecule has 0 spiro atoms. The van der Waals surface area contributed by atoms with Crippen molar-refractivity contribution >= 4 is 33.2 Å². The van der Waals surface area contributed by atoms with Gasteiger partial charge in [0.1, 0.15) is 5.78 Å². The minimum Gasteiger partial charge on any atom is -0.342 e. The van der Waals surface area contributed by atoms with E-state index in [1.807, 2.05) is 18.2 Å². The summed E-state index contributed by atoms with van der Waals surface area (Å²) in [5.41, 5.74) is 1.00. The fraction of sp³-hybridized carbons (Fsp3) is 0.400. The summed E-state index contributed by atoms with van der Waals surface area (Å²) in [6.07, 6.45) is 2.18. The fourth-order valence-electron chi connectivity index (χ4n) is 2.40. The Kier molecular flexibility index (Phi) is 3.78. The molecule has 1 saturated heterocycles. The fourth-order valence-corrected chi connectivity index (χ4v) is 3.37. The van der Waals surface area contributed by atoms with Crippen LogP contribution in [0.2, 0.25) is 0 Å². The molecule has 104 valence electrons. The molecule has 2 heterocycles. The van der Waals surface area contributed by atoms with E-state index in [1.165, 1.54) is 4.70 Å². The SMILES string of the molecule is O=C1CCN(C(=O)CCc2nc3ccccc3s2)CC1. The van der Waals surface area contributed by atoms with E-state index in [0.29, 0.717) is 38.8 Å². The number of carbonyl (C=O) groups excluding carboxylic acids is 2. The van der Waals surface area contributed by atoms with E-state index in [0.717, 1.165) is 10.5 Å². The second-order valence-corrected chi connectivity index (χ2v) is 6.11. The molecule has 2 aromatic rings. The van der Waals surface area contributed by atoms with Crippen LogP contribution in [0.3, 0.4) is 0 Å². The average molecular weight is 288 g/mol. The molecule has 1 aromatic carbocycles. The number of rotatable bonds is 3. The van der Waals surface area contributed by atoms with Gasteiger partial charge in [-0.25, -0.2) is 4.98 Å². The summed E-state index contributed by atoms with van der Waals surface area (Å²) in [4.78, 5) is 29.6. The van der Waals surface area contributed by atoms with Crippen molar-refractivity contribution in [1.29, 1.82) is 0 Å². The summed E-state index contributed by atoms with van der Waals surface area (Å²) in [5, 5.41) is 1.01. The van der Waals surface area contributed by atoms with E-state index in [4.69, 9.17) is 0 Å². The monoisotopic (exact) mass is 288 g/mol. The third kappa shape index (κ3) is 2.88. The quantitative estimate of drug-likeness (QED) is 0.871. The van der Waals surface area contributed by atoms with Crippen LogP contribution >= 0.6 is 11.3 Å². The van der Waals surface area contributed by atoms with Crippen LogP contribution in [0.4, 0.5) is 0 Å². The van der Waals surface area contributed by atoms with E-state index in [9.17, 15) is 9.59 Å². The van der Waals surface area contributed by atoms with Crippen molar-refractivity contribution in [2.75, 3.05) is 13.1 Å². The van der Waals surface area contributed by atoms with Crippen molar-refractivity contribution in [2.24, 2.45) is 0 Å². The highest BCUT2D eigenvalue weighted by atomic mass is 32.1. The number of Topliss-reactive ketones (excluding diaryl/α,β-unsaturated/α-hetero) is 1. The van der Waals surface area contributed by atoms with Crippen molar-refractivity contribution < 1.29 is 9.59 Å². The van der Waals surface area contributed by atoms with E-state index in [2.05, 4.69) is 11.1 Å². The smallest absolute Gasteiger partial charge is 0.223 e. The second-order valence-electron chi connectivity index (χ2n) is 4.99. The minimum atomic E-state index is 0.136. The van der Waals surface area contributed by atoms with Crippen LogP contribution in [-0.4, -0.2) is 34.7 Å². The van der Waals surface area contributed by atoms with Gasteiger partial charge in [0.2, 0.25) is 5.91 Å². The molecule has 0 N–H and O–H groups in total. The average Bonchev–Trinajstić information content (AvgIpc) is 2.88. The normalized spacial score (nSPS) is 15.8. The van der Waals surface area contributed by atoms with Gasteiger partial charge in [0, 0.05) is 38.8 Å². The van der Waals surface area contributed by atoms with Gasteiger partial charge in [-0.05, 0) is 12.1 Å². The van der Waals surface area contributed by atoms with Crippen molar-refractivity contribution in [1.82, 2.24) is 9.88 Å². The lowest BCUT2D eigenvalue weighted by Crippen LogP contribution is -2.38. The molecule has 5 heteroatoms. The largest absolute Gasteiger partial charge is 0.342 e. The molecule has 1 aromatic heterocycles. The highest BCUT2D eigenvalue weighted by Crippen LogP contribution is 2.22. The Balaban J connectivity index is 1.58. The van der Waals surface area contributed by atoms with Gasteiger partial charge in [-0.2, -0.15) is 0 Å². The van der Waals surface area contributed by atoms with E-state index in [-0.39, 0.29) is 11.7 Å². The lowest BCUT2D eigenvalue weighted by atomic mass is 10.1. The van der Waals surface area contributed by atoms with Crippen LogP contribution in [0.15, 0.2) is 24.3 Å². The third-order valence-electron chi connectivity index (χ3n) is 3.56. The Morgan fingerprint density at radius 3 is 2.75 bits per heavy atom. The highest BCUT2D eigenvalue weighted by Gasteiger charge is 2.20. The van der Waals surface area contributed by atoms with Gasteiger partial charge in [0.05, 0.1) is 15.2 Å². The number of carbonyl (C=O) groups is 2. The Morgan fingerprint density at radius 1 is 1.25 bits per heavy atom. The summed E-state index contributed by atoms with van der Waals surface area (Å²) in [6, 6.07) is 8.02. The molecule has 1 aliphatic rings. The van der Waals surface area contributed by atoms with Crippen LogP contribution in [0, 0.1) is 0 Å². The molecule has 1 fully saturated rings. The highest BCUT2D eigenvalue weighted by molar-refractivity contribution is 7.18. The van der Waals surface area contributed by atoms with Crippen molar-refractivity contribution in [2.45, 2.75) is 25.7 Å². The number of hydrogen-bond donors (Lipinski definition) is 0. The number of para-hydroxylation sites is 1. The van der Waals surface area contributed by atoms with E-state index < -0.39 is 0 Å². The summed E-state index contributed by atoms with van der Waals surface area (Å²) in [5.74, 6) is 0.400. The molecule has 1 amide bonds. The van der Waals surface area contributed by atoms with Gasteiger partial charge in [-0.3, -0.25) is 9.59 Å². The van der Waals surface area contributed by atoms with Crippen molar-refractivity contribution in [3.63, 3.8) is 0 Å². The summed E-state index contributed by atoms with van der Waals surface area (Å²) in [7, 11) is 0. The summed E-state index contributed by atoms with van der Waals surface area (Å²) in [6.45, 7) is 1.16. The number of likely N-dealkylation sites (tertiary alicyclic amines) is 1. The lowest BCUT2D eigenvalue weighted by Gasteiger charge is -2.25. The Hall–Kier alpha value is -1.75. The second kappa shape index (κ2) is 5.71. The number of benzene rings is 1. The Bertz CT molecular complexity index is 607. The van der Waals surface area contributed by atoms with Gasteiger partial charge in [-0.1, -0.05) is 12.1 Å². The Morgan fingerprint density at radius 2 is 2.00 bits per heavy atom. The van der Waals surface area contributed by atoms with Gasteiger partial charge in [-0.15, -0.1) is 11.3 Å². The number of piperidine rings is 1. The van der Waals surface area contributed by atoms with Gasteiger partial charge in [0.15, 0.2) is 0 Å². The molecule has 0 unspecified atom stereocenters. The zero-order valence-corrected chi connectivity index (χ0v) is 12.0. The van der Waals surface area contributed by atoms with Crippen LogP contribution < -0.4 is 0 Å². The molecule has 1 aliphatic heterocycles. The molecule has 0 radical (unpaired) electrons. The lowest BCUT2D eigenvalue weighted by molar-refractivity contribution is -0.134. The predicted molar refractivity (Wildman–Crippen MR) is 78.8 cm³/mol. The van der Waals surface area contributed by atoms with E-state index in [1.54, 1.807) is 16.2 Å². The van der Waals surface area contributed by atoms with Gasteiger partial charge in [0.25, 0.3) is 0 Å². The number of ketones is 1. The van der Waals surface area contributed by atoms with E-state index >= 15 is 0 Å². The molecular weight excluding hydrogens is 272 g/mol. The van der Waals surface area contributed by atoms with Crippen LogP contribution in [0.25, 0.3) is 10.2 Å².